The number of nitro groups is 1. The first-order valence-corrected chi connectivity index (χ1v) is 7.18. The second kappa shape index (κ2) is 6.20. The highest BCUT2D eigenvalue weighted by Crippen LogP contribution is 2.26. The molecule has 0 fully saturated rings. The van der Waals surface area contributed by atoms with Crippen LogP contribution in [0.15, 0.2) is 12.1 Å². The number of aromatic nitrogens is 2. The predicted molar refractivity (Wildman–Crippen MR) is 84.6 cm³/mol. The van der Waals surface area contributed by atoms with Crippen LogP contribution >= 0.6 is 0 Å². The van der Waals surface area contributed by atoms with Crippen molar-refractivity contribution < 1.29 is 14.5 Å². The lowest BCUT2D eigenvalue weighted by atomic mass is 10.1. The Labute approximate surface area is 134 Å². The third kappa shape index (κ3) is 3.23. The molecule has 0 atom stereocenters. The first-order chi connectivity index (χ1) is 10.7. The summed E-state index contributed by atoms with van der Waals surface area (Å²) in [4.78, 5) is 22.7. The van der Waals surface area contributed by atoms with Crippen LogP contribution in [0, 0.1) is 44.7 Å². The molecule has 1 aromatic carbocycles. The van der Waals surface area contributed by atoms with Crippen LogP contribution in [0.25, 0.3) is 0 Å². The second-order valence-corrected chi connectivity index (χ2v) is 5.56. The molecular formula is C16H19N3O4. The van der Waals surface area contributed by atoms with Crippen LogP contribution in [0.5, 0.6) is 5.75 Å². The number of benzene rings is 1. The van der Waals surface area contributed by atoms with Gasteiger partial charge >= 0.3 is 11.7 Å². The highest BCUT2D eigenvalue weighted by Gasteiger charge is 2.23. The number of carbonyl (C=O) groups is 1. The monoisotopic (exact) mass is 317 g/mol. The molecule has 0 amide bonds. The molecule has 2 rings (SSSR count). The van der Waals surface area contributed by atoms with E-state index >= 15 is 0 Å². The minimum absolute atomic E-state index is 0.0688. The first kappa shape index (κ1) is 16.7. The Balaban J connectivity index is 2.23. The fourth-order valence-corrected chi connectivity index (χ4v) is 2.46. The summed E-state index contributed by atoms with van der Waals surface area (Å²) in [6, 6.07) is 3.85. The zero-order valence-electron chi connectivity index (χ0n) is 13.8. The summed E-state index contributed by atoms with van der Waals surface area (Å²) in [6.45, 7) is 8.63. The Morgan fingerprint density at radius 1 is 1.22 bits per heavy atom. The molecule has 1 heterocycles. The van der Waals surface area contributed by atoms with Gasteiger partial charge in [-0.2, -0.15) is 5.10 Å². The summed E-state index contributed by atoms with van der Waals surface area (Å²) in [6.07, 6.45) is 0. The summed E-state index contributed by atoms with van der Waals surface area (Å²) in [7, 11) is 0. The largest absolute Gasteiger partial charge is 0.425 e. The summed E-state index contributed by atoms with van der Waals surface area (Å²) < 4.78 is 6.76. The Kier molecular flexibility index (Phi) is 4.49. The van der Waals surface area contributed by atoms with Crippen molar-refractivity contribution in [3.05, 3.63) is 50.3 Å². The van der Waals surface area contributed by atoms with Crippen molar-refractivity contribution in [2.24, 2.45) is 0 Å². The smallest absolute Gasteiger partial charge is 0.333 e. The quantitative estimate of drug-likeness (QED) is 0.374. The lowest BCUT2D eigenvalue weighted by molar-refractivity contribution is -0.386. The van der Waals surface area contributed by atoms with Crippen molar-refractivity contribution in [1.82, 2.24) is 9.78 Å². The van der Waals surface area contributed by atoms with Gasteiger partial charge in [0.15, 0.2) is 0 Å². The van der Waals surface area contributed by atoms with Gasteiger partial charge in [-0.25, -0.2) is 4.79 Å². The molecular weight excluding hydrogens is 298 g/mol. The van der Waals surface area contributed by atoms with Gasteiger partial charge in [-0.05, 0) is 51.3 Å². The van der Waals surface area contributed by atoms with E-state index in [0.717, 1.165) is 16.7 Å². The van der Waals surface area contributed by atoms with Crippen molar-refractivity contribution >= 4 is 11.7 Å². The molecule has 0 saturated carbocycles. The number of rotatable bonds is 4. The fourth-order valence-electron chi connectivity index (χ4n) is 2.46. The average molecular weight is 317 g/mol. The van der Waals surface area contributed by atoms with E-state index in [0.29, 0.717) is 11.4 Å². The number of carbonyl (C=O) groups excluding carboxylic acids is 1. The molecule has 0 radical (unpaired) electrons. The summed E-state index contributed by atoms with van der Waals surface area (Å²) >= 11 is 0. The van der Waals surface area contributed by atoms with Crippen LogP contribution in [-0.2, 0) is 11.3 Å². The van der Waals surface area contributed by atoms with E-state index in [-0.39, 0.29) is 17.9 Å². The molecule has 2 aromatic rings. The Morgan fingerprint density at radius 3 is 2.39 bits per heavy atom. The van der Waals surface area contributed by atoms with Crippen LogP contribution in [0.2, 0.25) is 0 Å². The topological polar surface area (TPSA) is 87.3 Å². The summed E-state index contributed by atoms with van der Waals surface area (Å²) in [5.41, 5.74) is 3.34. The van der Waals surface area contributed by atoms with Crippen molar-refractivity contribution in [2.45, 2.75) is 41.2 Å². The molecule has 122 valence electrons. The molecule has 0 spiro atoms. The van der Waals surface area contributed by atoms with Crippen molar-refractivity contribution in [3.8, 4) is 5.75 Å². The molecule has 1 aromatic heterocycles. The van der Waals surface area contributed by atoms with Gasteiger partial charge in [-0.1, -0.05) is 12.1 Å². The van der Waals surface area contributed by atoms with E-state index in [1.165, 1.54) is 4.68 Å². The average Bonchev–Trinajstić information content (AvgIpc) is 2.73. The number of ether oxygens (including phenoxy) is 1. The Morgan fingerprint density at radius 2 is 1.83 bits per heavy atom. The van der Waals surface area contributed by atoms with E-state index in [4.69, 9.17) is 4.74 Å². The van der Waals surface area contributed by atoms with Gasteiger partial charge < -0.3 is 4.74 Å². The van der Waals surface area contributed by atoms with Gasteiger partial charge in [0, 0.05) is 0 Å². The molecule has 0 aliphatic carbocycles. The summed E-state index contributed by atoms with van der Waals surface area (Å²) in [5, 5.41) is 15.0. The molecule has 7 heteroatoms. The van der Waals surface area contributed by atoms with Gasteiger partial charge in [-0.15, -0.1) is 0 Å². The van der Waals surface area contributed by atoms with Gasteiger partial charge in [0.1, 0.15) is 23.7 Å². The number of aryl methyl sites for hydroxylation is 3. The maximum Gasteiger partial charge on any atom is 0.333 e. The van der Waals surface area contributed by atoms with Crippen LogP contribution in [0.4, 0.5) is 5.69 Å². The number of esters is 1. The Hall–Kier alpha value is -2.70. The van der Waals surface area contributed by atoms with Crippen molar-refractivity contribution in [3.63, 3.8) is 0 Å². The minimum atomic E-state index is -0.512. The van der Waals surface area contributed by atoms with E-state index in [1.54, 1.807) is 13.8 Å². The lowest BCUT2D eigenvalue weighted by Gasteiger charge is -2.12. The van der Waals surface area contributed by atoms with Gasteiger partial charge in [0.05, 0.1) is 4.92 Å². The van der Waals surface area contributed by atoms with Crippen LogP contribution in [0.1, 0.15) is 28.1 Å². The minimum Gasteiger partial charge on any atom is -0.425 e. The van der Waals surface area contributed by atoms with Gasteiger partial charge in [0.25, 0.3) is 0 Å². The molecule has 0 saturated heterocycles. The highest BCUT2D eigenvalue weighted by molar-refractivity contribution is 5.73. The Bertz CT molecular complexity index is 793. The maximum absolute atomic E-state index is 12.2. The molecule has 0 aliphatic rings. The fraction of sp³-hybridized carbons (Fsp3) is 0.375. The van der Waals surface area contributed by atoms with Crippen LogP contribution in [-0.4, -0.2) is 20.7 Å². The first-order valence-electron chi connectivity index (χ1n) is 7.18. The van der Waals surface area contributed by atoms with Crippen molar-refractivity contribution in [1.29, 1.82) is 0 Å². The zero-order valence-corrected chi connectivity index (χ0v) is 13.8. The van der Waals surface area contributed by atoms with Crippen LogP contribution < -0.4 is 4.74 Å². The number of hydrogen-bond acceptors (Lipinski definition) is 5. The molecule has 0 unspecified atom stereocenters. The SMILES string of the molecule is Cc1ccc(C)c(OC(=O)Cn2nc(C)c([N+](=O)[O-])c2C)c1C. The highest BCUT2D eigenvalue weighted by atomic mass is 16.6. The number of hydrogen-bond donors (Lipinski definition) is 0. The number of nitrogens with zero attached hydrogens (tertiary/aromatic N) is 3. The second-order valence-electron chi connectivity index (χ2n) is 5.56. The summed E-state index contributed by atoms with van der Waals surface area (Å²) in [5.74, 6) is 0.0216. The third-order valence-electron chi connectivity index (χ3n) is 3.89. The van der Waals surface area contributed by atoms with E-state index in [9.17, 15) is 14.9 Å². The predicted octanol–water partition coefficient (Wildman–Crippen LogP) is 2.94. The van der Waals surface area contributed by atoms with E-state index < -0.39 is 10.9 Å². The normalized spacial score (nSPS) is 10.7. The third-order valence-corrected chi connectivity index (χ3v) is 3.89. The van der Waals surface area contributed by atoms with E-state index in [2.05, 4.69) is 5.10 Å². The standard InChI is InChI=1S/C16H19N3O4/c1-9-6-7-10(2)16(11(9)3)23-14(20)8-18-13(5)15(19(21)22)12(4)17-18/h6-7H,8H2,1-5H3. The molecule has 0 aliphatic heterocycles. The molecule has 23 heavy (non-hydrogen) atoms. The molecule has 0 bridgehead atoms. The van der Waals surface area contributed by atoms with Gasteiger partial charge in [-0.3, -0.25) is 14.8 Å². The van der Waals surface area contributed by atoms with Gasteiger partial charge in [0.2, 0.25) is 0 Å². The zero-order chi connectivity index (χ0) is 17.3. The lowest BCUT2D eigenvalue weighted by Crippen LogP contribution is -2.19. The molecule has 7 nitrogen and oxygen atoms in total. The van der Waals surface area contributed by atoms with Crippen LogP contribution in [0.3, 0.4) is 0 Å². The maximum atomic E-state index is 12.2. The van der Waals surface area contributed by atoms with Crippen molar-refractivity contribution in [2.75, 3.05) is 0 Å². The molecule has 0 N–H and O–H groups in total. The van der Waals surface area contributed by atoms with E-state index in [1.807, 2.05) is 32.9 Å².